The van der Waals surface area contributed by atoms with Gasteiger partial charge in [0.2, 0.25) is 0 Å². The number of nitrogens with two attached hydrogens (primary N) is 2. The number of benzene rings is 3. The Hall–Kier alpha value is -3.28. The number of nitrogens with zero attached hydrogens (tertiary/aromatic N) is 1. The number of anilines is 1. The molecule has 2 bridgehead atoms. The summed E-state index contributed by atoms with van der Waals surface area (Å²) < 4.78 is 0. The summed E-state index contributed by atoms with van der Waals surface area (Å²) in [5.74, 6) is -0.546. The highest BCUT2D eigenvalue weighted by Crippen LogP contribution is 2.36. The maximum absolute atomic E-state index is 13.8. The second kappa shape index (κ2) is 21.1. The van der Waals surface area contributed by atoms with Crippen LogP contribution < -0.4 is 16.4 Å². The van der Waals surface area contributed by atoms with Crippen molar-refractivity contribution in [2.24, 2.45) is 11.5 Å². The molecule has 49 heavy (non-hydrogen) atoms. The third-order valence-electron chi connectivity index (χ3n) is 10.3. The van der Waals surface area contributed by atoms with Crippen LogP contribution in [-0.2, 0) is 12.8 Å². The highest BCUT2D eigenvalue weighted by atomic mass is 16.2. The van der Waals surface area contributed by atoms with Crippen LogP contribution in [-0.4, -0.2) is 23.9 Å². The number of hydrogen-bond acceptors (Lipinski definition) is 4. The zero-order chi connectivity index (χ0) is 34.8. The normalized spacial score (nSPS) is 14.0. The van der Waals surface area contributed by atoms with Crippen LogP contribution in [0.4, 0.5) is 5.69 Å². The van der Waals surface area contributed by atoms with Crippen molar-refractivity contribution in [2.45, 2.75) is 154 Å². The fourth-order valence-electron chi connectivity index (χ4n) is 7.24. The van der Waals surface area contributed by atoms with Crippen molar-refractivity contribution >= 4 is 17.5 Å². The summed E-state index contributed by atoms with van der Waals surface area (Å²) in [4.78, 5) is 28.9. The average Bonchev–Trinajstić information content (AvgIpc) is 3.11. The standard InChI is InChI=1S/C44H63N3O2/c1-3-5-7-9-11-13-20-37(45)22-15-18-34-26-30-36(31-27-34)42-40-24-17-25-41(42)44(49)47(43(40)48)39-32-28-35(29-33-39)19-16-23-38(46)21-14-12-10-8-6-4-2/h17,24-33,37-38H,3-16,18-23,45-46H2,1-2H3. The fourth-order valence-corrected chi connectivity index (χ4v) is 7.24. The number of fused-ring (bicyclic) bond motifs is 2. The van der Waals surface area contributed by atoms with Gasteiger partial charge in [-0.15, -0.1) is 0 Å². The Kier molecular flexibility index (Phi) is 16.6. The van der Waals surface area contributed by atoms with E-state index in [9.17, 15) is 9.59 Å². The van der Waals surface area contributed by atoms with Gasteiger partial charge in [-0.25, -0.2) is 4.90 Å². The van der Waals surface area contributed by atoms with Gasteiger partial charge in [-0.3, -0.25) is 9.59 Å². The summed E-state index contributed by atoms with van der Waals surface area (Å²) >= 11 is 0. The highest BCUT2D eigenvalue weighted by molar-refractivity contribution is 6.32. The lowest BCUT2D eigenvalue weighted by atomic mass is 9.88. The summed E-state index contributed by atoms with van der Waals surface area (Å²) in [6.07, 6.45) is 23.9. The van der Waals surface area contributed by atoms with Crippen LogP contribution in [0, 0.1) is 0 Å². The summed E-state index contributed by atoms with van der Waals surface area (Å²) in [7, 11) is 0. The maximum atomic E-state index is 13.8. The van der Waals surface area contributed by atoms with Gasteiger partial charge in [0.1, 0.15) is 0 Å². The predicted octanol–water partition coefficient (Wildman–Crippen LogP) is 11.0. The molecule has 1 heterocycles. The highest BCUT2D eigenvalue weighted by Gasteiger charge is 2.35. The van der Waals surface area contributed by atoms with E-state index in [2.05, 4.69) is 38.1 Å². The summed E-state index contributed by atoms with van der Waals surface area (Å²) in [5.41, 5.74) is 18.6. The summed E-state index contributed by atoms with van der Waals surface area (Å²) in [6, 6.07) is 22.3. The number of imide groups is 1. The van der Waals surface area contributed by atoms with Gasteiger partial charge >= 0.3 is 0 Å². The lowest BCUT2D eigenvalue weighted by Gasteiger charge is -2.29. The molecule has 5 nitrogen and oxygen atoms in total. The zero-order valence-electron chi connectivity index (χ0n) is 30.6. The molecule has 1 aliphatic heterocycles. The second-order valence-corrected chi connectivity index (χ2v) is 14.5. The molecule has 266 valence electrons. The van der Waals surface area contributed by atoms with Crippen LogP contribution in [0.1, 0.15) is 161 Å². The van der Waals surface area contributed by atoms with Crippen LogP contribution >= 0.6 is 0 Å². The van der Waals surface area contributed by atoms with E-state index in [0.717, 1.165) is 62.5 Å². The van der Waals surface area contributed by atoms with Crippen LogP contribution in [0.3, 0.4) is 0 Å². The lowest BCUT2D eigenvalue weighted by Crippen LogP contribution is -2.41. The molecule has 2 unspecified atom stereocenters. The monoisotopic (exact) mass is 665 g/mol. The molecule has 5 heteroatoms. The van der Waals surface area contributed by atoms with E-state index in [1.807, 2.05) is 42.5 Å². The minimum absolute atomic E-state index is 0.261. The third kappa shape index (κ3) is 11.9. The predicted molar refractivity (Wildman–Crippen MR) is 207 cm³/mol. The number of hydrogen-bond donors (Lipinski definition) is 2. The largest absolute Gasteiger partial charge is 0.328 e. The van der Waals surface area contributed by atoms with Gasteiger partial charge in [-0.2, -0.15) is 0 Å². The van der Waals surface area contributed by atoms with Crippen LogP contribution in [0.15, 0.2) is 66.7 Å². The van der Waals surface area contributed by atoms with E-state index >= 15 is 0 Å². The molecule has 4 N–H and O–H groups in total. The fraction of sp³-hybridized carbons (Fsp3) is 0.545. The van der Waals surface area contributed by atoms with Gasteiger partial charge in [-0.1, -0.05) is 133 Å². The molecule has 0 aromatic heterocycles. The first kappa shape index (κ1) is 38.5. The molecule has 0 fully saturated rings. The van der Waals surface area contributed by atoms with Gasteiger partial charge < -0.3 is 11.5 Å². The average molecular weight is 666 g/mol. The maximum Gasteiger partial charge on any atom is 0.265 e. The number of aryl methyl sites for hydroxylation is 2. The molecule has 4 rings (SSSR count). The molecule has 2 atom stereocenters. The van der Waals surface area contributed by atoms with Crippen molar-refractivity contribution < 1.29 is 9.59 Å². The molecule has 1 aliphatic rings. The minimum atomic E-state index is -0.273. The number of rotatable bonds is 24. The smallest absolute Gasteiger partial charge is 0.265 e. The number of carbonyl (C=O) groups excluding carboxylic acids is 2. The van der Waals surface area contributed by atoms with E-state index in [1.54, 1.807) is 0 Å². The summed E-state index contributed by atoms with van der Waals surface area (Å²) in [5, 5.41) is 0. The Morgan fingerprint density at radius 2 is 0.918 bits per heavy atom. The quantitative estimate of drug-likeness (QED) is 0.0736. The van der Waals surface area contributed by atoms with Crippen LogP contribution in [0.5, 0.6) is 0 Å². The first-order valence-electron chi connectivity index (χ1n) is 19.6. The molecule has 0 aliphatic carbocycles. The van der Waals surface area contributed by atoms with Crippen molar-refractivity contribution in [3.63, 3.8) is 0 Å². The van der Waals surface area contributed by atoms with E-state index in [4.69, 9.17) is 11.5 Å². The topological polar surface area (TPSA) is 89.4 Å². The number of unbranched alkanes of at least 4 members (excludes halogenated alkanes) is 10. The van der Waals surface area contributed by atoms with Crippen molar-refractivity contribution in [2.75, 3.05) is 4.90 Å². The van der Waals surface area contributed by atoms with Gasteiger partial charge in [0.25, 0.3) is 11.8 Å². The van der Waals surface area contributed by atoms with Gasteiger partial charge in [0.05, 0.1) is 5.69 Å². The molecule has 0 saturated heterocycles. The SMILES string of the molecule is CCCCCCCCC(N)CCCc1ccc(-c2c3cccc2C(=O)N(c2ccc(CCCC(N)CCCCCCCC)cc2)C3=O)cc1. The molecule has 2 amide bonds. The Balaban J connectivity index is 1.27. The van der Waals surface area contributed by atoms with Gasteiger partial charge in [-0.05, 0) is 92.3 Å². The molecular formula is C44H63N3O2. The zero-order valence-corrected chi connectivity index (χ0v) is 30.6. The Bertz CT molecular complexity index is 1380. The van der Waals surface area contributed by atoms with Gasteiger partial charge in [0, 0.05) is 28.8 Å². The minimum Gasteiger partial charge on any atom is -0.328 e. The number of carbonyl (C=O) groups is 2. The van der Waals surface area contributed by atoms with Crippen molar-refractivity contribution in [3.05, 3.63) is 89.0 Å². The molecule has 0 radical (unpaired) electrons. The summed E-state index contributed by atoms with van der Waals surface area (Å²) in [6.45, 7) is 4.50. The molecule has 0 saturated carbocycles. The lowest BCUT2D eigenvalue weighted by molar-refractivity contribution is 0.0891. The van der Waals surface area contributed by atoms with E-state index in [1.165, 1.54) is 93.1 Å². The Labute approximate surface area is 297 Å². The third-order valence-corrected chi connectivity index (χ3v) is 10.3. The van der Waals surface area contributed by atoms with Crippen LogP contribution in [0.25, 0.3) is 11.1 Å². The van der Waals surface area contributed by atoms with E-state index < -0.39 is 0 Å². The number of amides is 2. The molecule has 3 aromatic carbocycles. The molecule has 3 aromatic rings. The molecule has 0 spiro atoms. The van der Waals surface area contributed by atoms with Crippen molar-refractivity contribution in [1.29, 1.82) is 0 Å². The van der Waals surface area contributed by atoms with E-state index in [-0.39, 0.29) is 23.9 Å². The first-order valence-corrected chi connectivity index (χ1v) is 19.6. The van der Waals surface area contributed by atoms with Crippen LogP contribution in [0.2, 0.25) is 0 Å². The van der Waals surface area contributed by atoms with Crippen molar-refractivity contribution in [1.82, 2.24) is 0 Å². The van der Waals surface area contributed by atoms with Gasteiger partial charge in [0.15, 0.2) is 0 Å². The van der Waals surface area contributed by atoms with E-state index in [0.29, 0.717) is 16.8 Å². The second-order valence-electron chi connectivity index (χ2n) is 14.5. The first-order chi connectivity index (χ1) is 23.9. The Morgan fingerprint density at radius 3 is 1.39 bits per heavy atom. The molecular weight excluding hydrogens is 603 g/mol. The van der Waals surface area contributed by atoms with Crippen molar-refractivity contribution in [3.8, 4) is 11.1 Å². The Morgan fingerprint density at radius 1 is 0.510 bits per heavy atom.